The average molecular weight is 347 g/mol. The summed E-state index contributed by atoms with van der Waals surface area (Å²) in [7, 11) is -3.67. The molecule has 2 atom stereocenters. The van der Waals surface area contributed by atoms with E-state index < -0.39 is 10.0 Å². The van der Waals surface area contributed by atoms with Crippen molar-refractivity contribution in [1.29, 1.82) is 0 Å². The van der Waals surface area contributed by atoms with Gasteiger partial charge < -0.3 is 0 Å². The van der Waals surface area contributed by atoms with Crippen molar-refractivity contribution in [3.63, 3.8) is 0 Å². The highest BCUT2D eigenvalue weighted by Gasteiger charge is 2.40. The number of rotatable bonds is 3. The molecule has 114 valence electrons. The zero-order chi connectivity index (χ0) is 14.6. The van der Waals surface area contributed by atoms with Gasteiger partial charge in [-0.3, -0.25) is 9.30 Å². The van der Waals surface area contributed by atoms with Crippen LogP contribution in [0.1, 0.15) is 19.3 Å². The standard InChI is InChI=1S/C12H15ClN4O2S2/c13-10-11(17-6-7-20-12(17)14-10)21(18,19)15-8-3-5-16-4-1-2-9(8)16/h6-9,15H,1-5H2. The van der Waals surface area contributed by atoms with Crippen molar-refractivity contribution in [3.05, 3.63) is 16.7 Å². The van der Waals surface area contributed by atoms with Gasteiger partial charge in [-0.15, -0.1) is 11.3 Å². The number of thiazole rings is 1. The summed E-state index contributed by atoms with van der Waals surface area (Å²) in [5, 5.41) is 1.89. The number of nitrogens with zero attached hydrogens (tertiary/aromatic N) is 3. The molecule has 0 aliphatic carbocycles. The topological polar surface area (TPSA) is 66.7 Å². The molecule has 2 aliphatic rings. The van der Waals surface area contributed by atoms with Crippen molar-refractivity contribution in [1.82, 2.24) is 19.0 Å². The molecule has 2 aromatic rings. The molecule has 1 N–H and O–H groups in total. The van der Waals surface area contributed by atoms with Crippen LogP contribution >= 0.6 is 22.9 Å². The van der Waals surface area contributed by atoms with Crippen LogP contribution in [0.5, 0.6) is 0 Å². The smallest absolute Gasteiger partial charge is 0.260 e. The molecular weight excluding hydrogens is 332 g/mol. The van der Waals surface area contributed by atoms with Crippen molar-refractivity contribution in [2.24, 2.45) is 0 Å². The molecule has 0 saturated carbocycles. The Labute approximate surface area is 131 Å². The maximum Gasteiger partial charge on any atom is 0.260 e. The van der Waals surface area contributed by atoms with Gasteiger partial charge in [-0.2, -0.15) is 0 Å². The van der Waals surface area contributed by atoms with Gasteiger partial charge in [0.15, 0.2) is 15.1 Å². The van der Waals surface area contributed by atoms with Crippen LogP contribution in [0.4, 0.5) is 0 Å². The molecule has 9 heteroatoms. The van der Waals surface area contributed by atoms with E-state index in [9.17, 15) is 8.42 Å². The second-order valence-corrected chi connectivity index (χ2v) is 8.39. The van der Waals surface area contributed by atoms with Crippen LogP contribution in [0.3, 0.4) is 0 Å². The van der Waals surface area contributed by atoms with Gasteiger partial charge in [0, 0.05) is 30.2 Å². The molecule has 4 heterocycles. The molecule has 0 spiro atoms. The molecule has 2 aromatic heterocycles. The second-order valence-electron chi connectivity index (χ2n) is 5.53. The summed E-state index contributed by atoms with van der Waals surface area (Å²) in [6.07, 6.45) is 4.74. The number of hydrogen-bond donors (Lipinski definition) is 1. The highest BCUT2D eigenvalue weighted by atomic mass is 35.5. The Bertz CT molecular complexity index is 784. The summed E-state index contributed by atoms with van der Waals surface area (Å²) in [5.74, 6) is 0. The molecule has 0 bridgehead atoms. The molecule has 2 unspecified atom stereocenters. The molecule has 0 amide bonds. The first-order valence-corrected chi connectivity index (χ1v) is 9.68. The zero-order valence-corrected chi connectivity index (χ0v) is 13.6. The lowest BCUT2D eigenvalue weighted by molar-refractivity contribution is 0.308. The number of nitrogens with one attached hydrogen (secondary N) is 1. The third-order valence-corrected chi connectivity index (χ3v) is 6.99. The van der Waals surface area contributed by atoms with E-state index in [0.717, 1.165) is 32.4 Å². The number of sulfonamides is 1. The number of imidazole rings is 1. The van der Waals surface area contributed by atoms with Gasteiger partial charge in [0.05, 0.1) is 0 Å². The monoisotopic (exact) mass is 346 g/mol. The Morgan fingerprint density at radius 1 is 1.38 bits per heavy atom. The molecule has 6 nitrogen and oxygen atoms in total. The molecule has 0 radical (unpaired) electrons. The predicted molar refractivity (Wildman–Crippen MR) is 81.4 cm³/mol. The fourth-order valence-corrected chi connectivity index (χ4v) is 6.21. The van der Waals surface area contributed by atoms with Crippen molar-refractivity contribution in [2.45, 2.75) is 36.4 Å². The molecular formula is C12H15ClN4O2S2. The molecule has 2 saturated heterocycles. The first-order valence-electron chi connectivity index (χ1n) is 6.94. The number of halogens is 1. The number of fused-ring (bicyclic) bond motifs is 2. The first kappa shape index (κ1) is 14.0. The van der Waals surface area contributed by atoms with Crippen LogP contribution in [0.25, 0.3) is 4.96 Å². The van der Waals surface area contributed by atoms with Gasteiger partial charge in [-0.05, 0) is 25.8 Å². The highest BCUT2D eigenvalue weighted by molar-refractivity contribution is 7.89. The Hall–Kier alpha value is -0.670. The summed E-state index contributed by atoms with van der Waals surface area (Å²) < 4.78 is 29.8. The number of hydrogen-bond acceptors (Lipinski definition) is 5. The van der Waals surface area contributed by atoms with Crippen LogP contribution in [-0.2, 0) is 10.0 Å². The minimum absolute atomic E-state index is 0.0299. The van der Waals surface area contributed by atoms with Crippen molar-refractivity contribution in [3.8, 4) is 0 Å². The van der Waals surface area contributed by atoms with Crippen LogP contribution in [0.2, 0.25) is 5.15 Å². The number of aromatic nitrogens is 2. The van der Waals surface area contributed by atoms with Gasteiger partial charge in [-0.1, -0.05) is 11.6 Å². The third kappa shape index (κ3) is 2.20. The van der Waals surface area contributed by atoms with E-state index in [1.54, 1.807) is 11.6 Å². The normalized spacial score (nSPS) is 26.7. The van der Waals surface area contributed by atoms with Crippen molar-refractivity contribution >= 4 is 37.9 Å². The van der Waals surface area contributed by atoms with Crippen molar-refractivity contribution < 1.29 is 8.42 Å². The van der Waals surface area contributed by atoms with Gasteiger partial charge in [0.2, 0.25) is 0 Å². The molecule has 2 fully saturated rings. The lowest BCUT2D eigenvalue weighted by Gasteiger charge is -2.21. The Kier molecular flexibility index (Phi) is 3.27. The van der Waals surface area contributed by atoms with Gasteiger partial charge in [0.25, 0.3) is 10.0 Å². The SMILES string of the molecule is O=S(=O)(NC1CCN2CCCC12)c1c(Cl)nc2sccn12. The lowest BCUT2D eigenvalue weighted by Crippen LogP contribution is -2.42. The minimum atomic E-state index is -3.67. The van der Waals surface area contributed by atoms with Crippen LogP contribution < -0.4 is 4.72 Å². The van der Waals surface area contributed by atoms with Crippen LogP contribution in [-0.4, -0.2) is 47.9 Å². The van der Waals surface area contributed by atoms with Crippen LogP contribution in [0, 0.1) is 0 Å². The van der Waals surface area contributed by atoms with E-state index in [2.05, 4.69) is 14.6 Å². The van der Waals surface area contributed by atoms with Gasteiger partial charge >= 0.3 is 0 Å². The molecule has 0 aromatic carbocycles. The average Bonchev–Trinajstić information content (AvgIpc) is 3.09. The van der Waals surface area contributed by atoms with E-state index in [0.29, 0.717) is 11.0 Å². The maximum absolute atomic E-state index is 12.7. The fraction of sp³-hybridized carbons (Fsp3) is 0.583. The van der Waals surface area contributed by atoms with Crippen LogP contribution in [0.15, 0.2) is 16.6 Å². The highest BCUT2D eigenvalue weighted by Crippen LogP contribution is 2.30. The van der Waals surface area contributed by atoms with Gasteiger partial charge in [-0.25, -0.2) is 18.1 Å². The summed E-state index contributed by atoms with van der Waals surface area (Å²) in [6, 6.07) is 0.294. The predicted octanol–water partition coefficient (Wildman–Crippen LogP) is 1.56. The van der Waals surface area contributed by atoms with E-state index in [1.807, 2.05) is 0 Å². The maximum atomic E-state index is 12.7. The summed E-state index contributed by atoms with van der Waals surface area (Å²) in [4.78, 5) is 7.06. The second kappa shape index (κ2) is 4.92. The Balaban J connectivity index is 1.67. The first-order chi connectivity index (χ1) is 10.1. The lowest BCUT2D eigenvalue weighted by atomic mass is 10.1. The van der Waals surface area contributed by atoms with E-state index >= 15 is 0 Å². The molecule has 2 aliphatic heterocycles. The largest absolute Gasteiger partial charge is 0.299 e. The quantitative estimate of drug-likeness (QED) is 0.916. The molecule has 4 rings (SSSR count). The zero-order valence-electron chi connectivity index (χ0n) is 11.2. The van der Waals surface area contributed by atoms with Crippen molar-refractivity contribution in [2.75, 3.05) is 13.1 Å². The fourth-order valence-electron chi connectivity index (χ4n) is 3.45. The summed E-state index contributed by atoms with van der Waals surface area (Å²) in [5.41, 5.74) is 0. The minimum Gasteiger partial charge on any atom is -0.299 e. The summed E-state index contributed by atoms with van der Waals surface area (Å²) in [6.45, 7) is 2.04. The third-order valence-electron chi connectivity index (χ3n) is 4.35. The van der Waals surface area contributed by atoms with Gasteiger partial charge in [0.1, 0.15) is 0 Å². The van der Waals surface area contributed by atoms with E-state index in [4.69, 9.17) is 11.6 Å². The van der Waals surface area contributed by atoms with E-state index in [1.165, 1.54) is 15.7 Å². The Morgan fingerprint density at radius 3 is 3.10 bits per heavy atom. The summed E-state index contributed by atoms with van der Waals surface area (Å²) >= 11 is 7.40. The molecule has 21 heavy (non-hydrogen) atoms. The Morgan fingerprint density at radius 2 is 2.24 bits per heavy atom. The van der Waals surface area contributed by atoms with E-state index in [-0.39, 0.29) is 16.2 Å².